The van der Waals surface area contributed by atoms with Gasteiger partial charge in [0, 0.05) is 20.6 Å². The predicted octanol–water partition coefficient (Wildman–Crippen LogP) is 1.91. The first-order valence-electron chi connectivity index (χ1n) is 5.77. The first-order valence-corrected chi connectivity index (χ1v) is 5.77. The molecule has 0 radical (unpaired) electrons. The summed E-state index contributed by atoms with van der Waals surface area (Å²) in [5.41, 5.74) is 0. The fourth-order valence-electron chi connectivity index (χ4n) is 1.38. The smallest absolute Gasteiger partial charge is 0.122 e. The molecule has 0 spiro atoms. The van der Waals surface area contributed by atoms with Crippen LogP contribution in [0.3, 0.4) is 0 Å². The van der Waals surface area contributed by atoms with Crippen molar-refractivity contribution in [1.82, 2.24) is 10.2 Å². The molecule has 1 N–H and O–H groups in total. The van der Waals surface area contributed by atoms with Gasteiger partial charge < -0.3 is 10.2 Å². The molecule has 0 heterocycles. The minimum absolute atomic E-state index is 1.05. The summed E-state index contributed by atoms with van der Waals surface area (Å²) in [6.45, 7) is 7.46. The Morgan fingerprint density at radius 2 is 2.13 bits per heavy atom. The van der Waals surface area contributed by atoms with Gasteiger partial charge in [-0.3, -0.25) is 4.99 Å². The summed E-state index contributed by atoms with van der Waals surface area (Å²) < 4.78 is 0. The monoisotopic (exact) mass is 211 g/mol. The highest BCUT2D eigenvalue weighted by atomic mass is 15.2. The Morgan fingerprint density at radius 1 is 1.40 bits per heavy atom. The third kappa shape index (κ3) is 7.14. The lowest BCUT2D eigenvalue weighted by molar-refractivity contribution is 0.476. The molecule has 88 valence electrons. The largest absolute Gasteiger partial charge is 0.360 e. The first kappa shape index (κ1) is 14.2. The number of likely N-dealkylation sites (N-methyl/N-ethyl adjacent to an activating group) is 1. The molecule has 0 unspecified atom stereocenters. The van der Waals surface area contributed by atoms with Crippen molar-refractivity contribution in [2.75, 3.05) is 33.7 Å². The fraction of sp³-hybridized carbons (Fsp3) is 0.750. The van der Waals surface area contributed by atoms with E-state index in [-0.39, 0.29) is 0 Å². The Labute approximate surface area is 94.3 Å². The van der Waals surface area contributed by atoms with Crippen LogP contribution in [-0.2, 0) is 0 Å². The number of hydrogen-bond acceptors (Lipinski definition) is 2. The van der Waals surface area contributed by atoms with Crippen molar-refractivity contribution < 1.29 is 0 Å². The average molecular weight is 211 g/mol. The molecule has 0 rings (SSSR count). The number of nitrogens with one attached hydrogen (secondary N) is 1. The van der Waals surface area contributed by atoms with Crippen molar-refractivity contribution in [2.24, 2.45) is 4.99 Å². The number of allylic oxidation sites excluding steroid dienone is 1. The fourth-order valence-corrected chi connectivity index (χ4v) is 1.38. The highest BCUT2D eigenvalue weighted by Gasteiger charge is 2.00. The van der Waals surface area contributed by atoms with Gasteiger partial charge in [-0.1, -0.05) is 13.0 Å². The van der Waals surface area contributed by atoms with Gasteiger partial charge in [0.25, 0.3) is 0 Å². The second-order valence-electron chi connectivity index (χ2n) is 3.61. The molecule has 0 fully saturated rings. The molecule has 0 saturated heterocycles. The summed E-state index contributed by atoms with van der Waals surface area (Å²) in [5, 5.41) is 3.39. The van der Waals surface area contributed by atoms with Crippen molar-refractivity contribution in [1.29, 1.82) is 0 Å². The molecule has 0 aromatic heterocycles. The molecule has 0 aromatic rings. The van der Waals surface area contributed by atoms with Crippen LogP contribution in [0.15, 0.2) is 17.1 Å². The highest BCUT2D eigenvalue weighted by Crippen LogP contribution is 1.92. The van der Waals surface area contributed by atoms with E-state index in [0.29, 0.717) is 0 Å². The standard InChI is InChI=1S/C12H25N3/c1-5-8-12(13-3)15(4)11-7-10-14-9-6-2/h5,8,14H,6-7,9-11H2,1-4H3. The van der Waals surface area contributed by atoms with Gasteiger partial charge in [0.2, 0.25) is 0 Å². The van der Waals surface area contributed by atoms with Crippen molar-refractivity contribution in [2.45, 2.75) is 26.7 Å². The molecule has 15 heavy (non-hydrogen) atoms. The minimum Gasteiger partial charge on any atom is -0.360 e. The summed E-state index contributed by atoms with van der Waals surface area (Å²) in [5.74, 6) is 1.05. The molecule has 0 aliphatic heterocycles. The lowest BCUT2D eigenvalue weighted by Gasteiger charge is -2.18. The predicted molar refractivity (Wildman–Crippen MR) is 68.6 cm³/mol. The normalized spacial score (nSPS) is 12.4. The van der Waals surface area contributed by atoms with E-state index in [1.807, 2.05) is 26.1 Å². The number of nitrogens with zero attached hydrogens (tertiary/aromatic N) is 2. The van der Waals surface area contributed by atoms with E-state index in [2.05, 4.69) is 29.2 Å². The van der Waals surface area contributed by atoms with E-state index in [1.54, 1.807) is 0 Å². The van der Waals surface area contributed by atoms with Gasteiger partial charge in [-0.05, 0) is 38.9 Å². The van der Waals surface area contributed by atoms with Gasteiger partial charge in [-0.15, -0.1) is 0 Å². The summed E-state index contributed by atoms with van der Waals surface area (Å²) in [4.78, 5) is 6.42. The van der Waals surface area contributed by atoms with Gasteiger partial charge >= 0.3 is 0 Å². The van der Waals surface area contributed by atoms with E-state index in [9.17, 15) is 0 Å². The number of rotatable bonds is 7. The van der Waals surface area contributed by atoms with Crippen LogP contribution in [0.5, 0.6) is 0 Å². The molecular weight excluding hydrogens is 186 g/mol. The van der Waals surface area contributed by atoms with Crippen LogP contribution in [0.25, 0.3) is 0 Å². The molecular formula is C12H25N3. The van der Waals surface area contributed by atoms with Crippen LogP contribution in [0.2, 0.25) is 0 Å². The van der Waals surface area contributed by atoms with Crippen molar-refractivity contribution >= 4 is 5.84 Å². The van der Waals surface area contributed by atoms with E-state index < -0.39 is 0 Å². The van der Waals surface area contributed by atoms with Crippen LogP contribution in [0, 0.1) is 0 Å². The quantitative estimate of drug-likeness (QED) is 0.396. The second kappa shape index (κ2) is 9.71. The first-order chi connectivity index (χ1) is 7.26. The Morgan fingerprint density at radius 3 is 2.67 bits per heavy atom. The highest BCUT2D eigenvalue weighted by molar-refractivity contribution is 5.92. The topological polar surface area (TPSA) is 27.6 Å². The maximum Gasteiger partial charge on any atom is 0.122 e. The summed E-state index contributed by atoms with van der Waals surface area (Å²) in [6, 6.07) is 0. The number of amidine groups is 1. The molecule has 0 aromatic carbocycles. The summed E-state index contributed by atoms with van der Waals surface area (Å²) in [6.07, 6.45) is 6.43. The molecule has 3 heteroatoms. The Bertz CT molecular complexity index is 197. The van der Waals surface area contributed by atoms with Gasteiger partial charge in [-0.25, -0.2) is 0 Å². The molecule has 0 aliphatic rings. The lowest BCUT2D eigenvalue weighted by atomic mass is 10.3. The SMILES string of the molecule is CC=CC(=NC)N(C)CCCNCCC. The van der Waals surface area contributed by atoms with E-state index >= 15 is 0 Å². The zero-order chi connectivity index (χ0) is 11.5. The van der Waals surface area contributed by atoms with Crippen molar-refractivity contribution in [3.63, 3.8) is 0 Å². The van der Waals surface area contributed by atoms with Gasteiger partial charge in [0.05, 0.1) is 0 Å². The van der Waals surface area contributed by atoms with Crippen LogP contribution in [0.1, 0.15) is 26.7 Å². The van der Waals surface area contributed by atoms with Gasteiger partial charge in [0.15, 0.2) is 0 Å². The zero-order valence-electron chi connectivity index (χ0n) is 10.6. The molecule has 0 saturated carbocycles. The van der Waals surface area contributed by atoms with Gasteiger partial charge in [-0.2, -0.15) is 0 Å². The van der Waals surface area contributed by atoms with E-state index in [4.69, 9.17) is 0 Å². The molecule has 0 amide bonds. The van der Waals surface area contributed by atoms with E-state index in [1.165, 1.54) is 6.42 Å². The van der Waals surface area contributed by atoms with Crippen LogP contribution < -0.4 is 5.32 Å². The summed E-state index contributed by atoms with van der Waals surface area (Å²) >= 11 is 0. The Hall–Kier alpha value is -0.830. The third-order valence-corrected chi connectivity index (χ3v) is 2.21. The average Bonchev–Trinajstić information content (AvgIpc) is 2.25. The number of hydrogen-bond donors (Lipinski definition) is 1. The summed E-state index contributed by atoms with van der Waals surface area (Å²) in [7, 11) is 3.92. The maximum atomic E-state index is 4.23. The van der Waals surface area contributed by atoms with Crippen LogP contribution >= 0.6 is 0 Å². The van der Waals surface area contributed by atoms with Crippen molar-refractivity contribution in [3.8, 4) is 0 Å². The molecule has 3 nitrogen and oxygen atoms in total. The lowest BCUT2D eigenvalue weighted by Crippen LogP contribution is -2.28. The Kier molecular flexibility index (Phi) is 9.18. The Balaban J connectivity index is 3.67. The van der Waals surface area contributed by atoms with E-state index in [0.717, 1.165) is 31.9 Å². The number of aliphatic imine (C=N–C) groups is 1. The zero-order valence-corrected chi connectivity index (χ0v) is 10.6. The third-order valence-electron chi connectivity index (χ3n) is 2.21. The molecule has 0 aliphatic carbocycles. The van der Waals surface area contributed by atoms with Crippen molar-refractivity contribution in [3.05, 3.63) is 12.2 Å². The second-order valence-corrected chi connectivity index (χ2v) is 3.61. The molecule has 0 atom stereocenters. The maximum absolute atomic E-state index is 4.23. The minimum atomic E-state index is 1.05. The van der Waals surface area contributed by atoms with Crippen LogP contribution in [0.4, 0.5) is 0 Å². The molecule has 0 bridgehead atoms. The van der Waals surface area contributed by atoms with Crippen LogP contribution in [-0.4, -0.2) is 44.5 Å². The van der Waals surface area contributed by atoms with Gasteiger partial charge in [0.1, 0.15) is 5.84 Å².